The average molecular weight is 443 g/mol. The molecule has 0 aromatic carbocycles. The van der Waals surface area contributed by atoms with E-state index in [2.05, 4.69) is 15.0 Å². The van der Waals surface area contributed by atoms with Gasteiger partial charge in [0.05, 0.1) is 0 Å². The normalized spacial score (nSPS) is 26.0. The number of anilines is 1. The summed E-state index contributed by atoms with van der Waals surface area (Å²) in [5.74, 6) is -0.561. The third kappa shape index (κ3) is 2.17. The van der Waals surface area contributed by atoms with Crippen molar-refractivity contribution >= 4 is 48.7 Å². The van der Waals surface area contributed by atoms with Crippen LogP contribution in [0.1, 0.15) is 6.42 Å². The van der Waals surface area contributed by atoms with E-state index in [4.69, 9.17) is 16.3 Å². The summed E-state index contributed by atoms with van der Waals surface area (Å²) >= 11 is 2.95. The molecule has 0 radical (unpaired) electrons. The van der Waals surface area contributed by atoms with Crippen molar-refractivity contribution in [2.24, 2.45) is 0 Å². The molecule has 2 aromatic rings. The van der Waals surface area contributed by atoms with Crippen LogP contribution in [0.15, 0.2) is 11.0 Å². The van der Waals surface area contributed by atoms with E-state index in [9.17, 15) is 12.0 Å². The van der Waals surface area contributed by atoms with Crippen molar-refractivity contribution < 1.29 is 12.0 Å². The summed E-state index contributed by atoms with van der Waals surface area (Å²) < 4.78 is 32.8. The van der Waals surface area contributed by atoms with E-state index in [1.165, 1.54) is 6.20 Å². The summed E-state index contributed by atoms with van der Waals surface area (Å²) in [5, 5.41) is -0.0129. The molecule has 4 rings (SSSR count). The maximum atomic E-state index is 14.1. The standard InChI is InChI=1S/C12H10ClF2IN4O2/c13-8-6(14)7-5(4-17-8)11(19-12(21)18-7)20-2-1-3-22-10-9(20)16(10)15/h4,9-10H,1-3H2,(H,18,19,21)/t9-,10+/m0/s1. The number of aromatic amines is 1. The van der Waals surface area contributed by atoms with Crippen LogP contribution >= 0.6 is 32.0 Å². The molecule has 0 saturated carbocycles. The molecule has 2 saturated heterocycles. The summed E-state index contributed by atoms with van der Waals surface area (Å²) in [4.78, 5) is 23.5. The Morgan fingerprint density at radius 3 is 3.18 bits per heavy atom. The van der Waals surface area contributed by atoms with Gasteiger partial charge in [-0.2, -0.15) is 0 Å². The van der Waals surface area contributed by atoms with Crippen molar-refractivity contribution in [3.05, 3.63) is 27.7 Å². The first-order valence-electron chi connectivity index (χ1n) is 6.53. The summed E-state index contributed by atoms with van der Waals surface area (Å²) in [6.45, 7) is 0.990. The van der Waals surface area contributed by atoms with Gasteiger partial charge in [-0.1, -0.05) is 0 Å². The Labute approximate surface area is 136 Å². The monoisotopic (exact) mass is 442 g/mol. The fourth-order valence-corrected chi connectivity index (χ4v) is 6.61. The van der Waals surface area contributed by atoms with Crippen molar-refractivity contribution in [2.45, 2.75) is 14.6 Å². The summed E-state index contributed by atoms with van der Waals surface area (Å²) in [6, 6.07) is 0. The number of pyridine rings is 1. The molecule has 118 valence electrons. The van der Waals surface area contributed by atoms with Crippen LogP contribution in [0, 0.1) is 5.82 Å². The number of hydrogen-bond donors (Lipinski definition) is 1. The molecule has 2 fully saturated rings. The Kier molecular flexibility index (Phi) is 3.46. The van der Waals surface area contributed by atoms with Crippen molar-refractivity contribution in [3.63, 3.8) is 0 Å². The van der Waals surface area contributed by atoms with Crippen molar-refractivity contribution in [1.82, 2.24) is 15.0 Å². The number of H-pyrrole nitrogens is 1. The molecule has 2 aromatic heterocycles. The van der Waals surface area contributed by atoms with Crippen molar-refractivity contribution in [1.29, 1.82) is 0 Å². The number of fused-ring (bicyclic) bond motifs is 2. The third-order valence-electron chi connectivity index (χ3n) is 3.62. The van der Waals surface area contributed by atoms with Crippen LogP contribution in [-0.2, 0) is 4.74 Å². The van der Waals surface area contributed by atoms with Gasteiger partial charge in [-0.25, -0.2) is 0 Å². The fraction of sp³-hybridized carbons (Fsp3) is 0.417. The van der Waals surface area contributed by atoms with Gasteiger partial charge in [0.25, 0.3) is 0 Å². The minimum atomic E-state index is -2.70. The zero-order valence-electron chi connectivity index (χ0n) is 11.0. The number of nitrogens with one attached hydrogen (secondary N) is 1. The van der Waals surface area contributed by atoms with Gasteiger partial charge < -0.3 is 0 Å². The van der Waals surface area contributed by atoms with E-state index in [0.717, 1.165) is 0 Å². The van der Waals surface area contributed by atoms with Crippen LogP contribution in [-0.4, -0.2) is 36.3 Å². The van der Waals surface area contributed by atoms with Gasteiger partial charge in [0, 0.05) is 0 Å². The molecule has 0 spiro atoms. The number of nitrogens with zero attached hydrogens (tertiary/aromatic N) is 3. The van der Waals surface area contributed by atoms with Crippen LogP contribution in [0.25, 0.3) is 10.9 Å². The van der Waals surface area contributed by atoms with E-state index in [1.54, 1.807) is 4.90 Å². The van der Waals surface area contributed by atoms with Gasteiger partial charge in [0.2, 0.25) is 0 Å². The summed E-state index contributed by atoms with van der Waals surface area (Å²) in [7, 11) is 0. The van der Waals surface area contributed by atoms with Gasteiger partial charge in [0.1, 0.15) is 0 Å². The molecule has 4 heterocycles. The molecular weight excluding hydrogens is 433 g/mol. The fourth-order valence-electron chi connectivity index (χ4n) is 2.58. The van der Waals surface area contributed by atoms with Crippen LogP contribution in [0.5, 0.6) is 0 Å². The number of halogens is 4. The molecule has 0 unspecified atom stereocenters. The topological polar surface area (TPSA) is 71.1 Å². The Balaban J connectivity index is 1.91. The Morgan fingerprint density at radius 2 is 2.36 bits per heavy atom. The van der Waals surface area contributed by atoms with Gasteiger partial charge in [-0.05, 0) is 0 Å². The zero-order chi connectivity index (χ0) is 15.4. The quantitative estimate of drug-likeness (QED) is 0.318. The van der Waals surface area contributed by atoms with Crippen LogP contribution < -0.4 is 10.6 Å². The van der Waals surface area contributed by atoms with Crippen LogP contribution in [0.2, 0.25) is 5.15 Å². The Morgan fingerprint density at radius 1 is 1.55 bits per heavy atom. The van der Waals surface area contributed by atoms with E-state index in [0.29, 0.717) is 25.0 Å². The second-order valence-corrected chi connectivity index (χ2v) is 9.47. The minimum absolute atomic E-state index is 0.0587. The van der Waals surface area contributed by atoms with Crippen LogP contribution in [0.3, 0.4) is 0 Å². The molecule has 0 aliphatic carbocycles. The molecule has 2 atom stereocenters. The first kappa shape index (κ1) is 14.5. The van der Waals surface area contributed by atoms with Gasteiger partial charge in [-0.15, -0.1) is 0 Å². The number of alkyl halides is 2. The zero-order valence-corrected chi connectivity index (χ0v) is 13.9. The SMILES string of the molecule is O=c1nc(N2CCCO[C@@H]3[C@H]2I3F)c2cnc(Cl)c(F)c2[nH]1. The number of rotatable bonds is 1. The molecule has 22 heavy (non-hydrogen) atoms. The summed E-state index contributed by atoms with van der Waals surface area (Å²) in [5.41, 5.74) is -0.762. The van der Waals surface area contributed by atoms with E-state index >= 15 is 0 Å². The Bertz CT molecular complexity index is 820. The average Bonchev–Trinajstić information content (AvgIpc) is 3.18. The van der Waals surface area contributed by atoms with Crippen LogP contribution in [0.4, 0.5) is 13.1 Å². The Hall–Kier alpha value is -1.07. The van der Waals surface area contributed by atoms with Gasteiger partial charge >= 0.3 is 136 Å². The number of aromatic nitrogens is 3. The summed E-state index contributed by atoms with van der Waals surface area (Å²) in [6.07, 6.45) is 2.04. The predicted molar refractivity (Wildman–Crippen MR) is 85.7 cm³/mol. The molecule has 0 amide bonds. The number of hydrogen-bond acceptors (Lipinski definition) is 5. The third-order valence-corrected chi connectivity index (χ3v) is 7.81. The van der Waals surface area contributed by atoms with Gasteiger partial charge in [0.15, 0.2) is 0 Å². The molecule has 0 bridgehead atoms. The van der Waals surface area contributed by atoms with E-state index in [1.807, 2.05) is 0 Å². The molecule has 10 heteroatoms. The molecule has 1 N–H and O–H groups in total. The molecular formula is C12H10ClF2IN4O2. The molecule has 6 nitrogen and oxygen atoms in total. The maximum absolute atomic E-state index is 14.1. The van der Waals surface area contributed by atoms with Gasteiger partial charge in [-0.3, -0.25) is 0 Å². The molecule has 2 aliphatic heterocycles. The van der Waals surface area contributed by atoms with E-state index in [-0.39, 0.29) is 24.6 Å². The second-order valence-electron chi connectivity index (χ2n) is 4.95. The predicted octanol–water partition coefficient (Wildman–Crippen LogP) is 2.39. The van der Waals surface area contributed by atoms with Crippen molar-refractivity contribution in [2.75, 3.05) is 18.1 Å². The first-order chi connectivity index (χ1) is 10.6. The first-order valence-corrected chi connectivity index (χ1v) is 10.2. The van der Waals surface area contributed by atoms with Crippen molar-refractivity contribution in [3.8, 4) is 0 Å². The molecule has 2 aliphatic rings. The van der Waals surface area contributed by atoms with E-state index < -0.39 is 31.9 Å². The number of ether oxygens (including phenoxy) is 1. The second kappa shape index (κ2) is 5.24.